The minimum atomic E-state index is -0.142. The summed E-state index contributed by atoms with van der Waals surface area (Å²) in [5.74, 6) is 1.22. The number of H-pyrrole nitrogens is 1. The van der Waals surface area contributed by atoms with E-state index in [0.717, 1.165) is 10.8 Å². The second-order valence-electron chi connectivity index (χ2n) is 4.12. The minimum Gasteiger partial charge on any atom is -0.300 e. The number of rotatable bonds is 5. The molecule has 2 aromatic heterocycles. The second kappa shape index (κ2) is 6.11. The van der Waals surface area contributed by atoms with Crippen LogP contribution in [0.5, 0.6) is 0 Å². The molecule has 2 rings (SSSR count). The van der Waals surface area contributed by atoms with Crippen molar-refractivity contribution >= 4 is 34.1 Å². The molecule has 0 aliphatic heterocycles. The van der Waals surface area contributed by atoms with Crippen molar-refractivity contribution in [3.05, 3.63) is 10.8 Å². The normalized spacial score (nSPS) is 10.9. The lowest BCUT2D eigenvalue weighted by Crippen LogP contribution is -2.13. The lowest BCUT2D eigenvalue weighted by Gasteiger charge is -1.98. The van der Waals surface area contributed by atoms with Crippen molar-refractivity contribution in [2.75, 3.05) is 11.1 Å². The van der Waals surface area contributed by atoms with Gasteiger partial charge in [0.1, 0.15) is 10.8 Å². The summed E-state index contributed by atoms with van der Waals surface area (Å²) in [7, 11) is 0. The molecule has 0 atom stereocenters. The zero-order valence-electron chi connectivity index (χ0n) is 10.8. The maximum Gasteiger partial charge on any atom is 0.236 e. The van der Waals surface area contributed by atoms with Crippen LogP contribution in [-0.2, 0) is 4.79 Å². The van der Waals surface area contributed by atoms with Gasteiger partial charge in [-0.15, -0.1) is 15.3 Å². The average Bonchev–Trinajstić information content (AvgIpc) is 2.96. The van der Waals surface area contributed by atoms with Gasteiger partial charge in [-0.2, -0.15) is 0 Å². The molecule has 0 bridgehead atoms. The molecule has 0 aliphatic carbocycles. The number of aromatic amines is 1. The molecule has 7 nitrogen and oxygen atoms in total. The molecule has 102 valence electrons. The molecular formula is C10H14N6OS2. The molecule has 0 saturated carbocycles. The van der Waals surface area contributed by atoms with E-state index >= 15 is 0 Å². The standard InChI is InChI=1S/C10H14N6OS2/c1-5(2)8-12-9(15-14-8)18-4-7(17)11-10-16-13-6(3)19-10/h5H,4H2,1-3H3,(H,11,16,17)(H,12,14,15). The van der Waals surface area contributed by atoms with Crippen LogP contribution < -0.4 is 5.32 Å². The maximum atomic E-state index is 11.7. The summed E-state index contributed by atoms with van der Waals surface area (Å²) in [5, 5.41) is 19.1. The number of hydrogen-bond acceptors (Lipinski definition) is 7. The Balaban J connectivity index is 1.82. The predicted octanol–water partition coefficient (Wildman–Crippen LogP) is 1.82. The number of carbonyl (C=O) groups excluding carboxylic acids is 1. The molecule has 2 aromatic rings. The number of thioether (sulfide) groups is 1. The van der Waals surface area contributed by atoms with Crippen molar-refractivity contribution < 1.29 is 4.79 Å². The Bertz CT molecular complexity index is 564. The quantitative estimate of drug-likeness (QED) is 0.817. The SMILES string of the molecule is Cc1nnc(NC(=O)CSc2n[nH]c(C(C)C)n2)s1. The third kappa shape index (κ3) is 4.00. The Kier molecular flexibility index (Phi) is 4.48. The van der Waals surface area contributed by atoms with E-state index in [9.17, 15) is 4.79 Å². The van der Waals surface area contributed by atoms with E-state index in [-0.39, 0.29) is 11.7 Å². The number of amides is 1. The van der Waals surface area contributed by atoms with Gasteiger partial charge >= 0.3 is 0 Å². The molecule has 0 fully saturated rings. The van der Waals surface area contributed by atoms with Gasteiger partial charge in [0, 0.05) is 5.92 Å². The molecular weight excluding hydrogens is 284 g/mol. The lowest BCUT2D eigenvalue weighted by atomic mass is 10.2. The Morgan fingerprint density at radius 1 is 1.47 bits per heavy atom. The number of carbonyl (C=O) groups is 1. The third-order valence-electron chi connectivity index (χ3n) is 2.13. The highest BCUT2D eigenvalue weighted by Crippen LogP contribution is 2.17. The van der Waals surface area contributed by atoms with Gasteiger partial charge in [0.25, 0.3) is 0 Å². The summed E-state index contributed by atoms with van der Waals surface area (Å²) >= 11 is 2.63. The summed E-state index contributed by atoms with van der Waals surface area (Å²) in [4.78, 5) is 16.0. The van der Waals surface area contributed by atoms with Crippen LogP contribution >= 0.6 is 23.1 Å². The van der Waals surface area contributed by atoms with Crippen LogP contribution in [0.3, 0.4) is 0 Å². The largest absolute Gasteiger partial charge is 0.300 e. The molecule has 0 saturated heterocycles. The van der Waals surface area contributed by atoms with E-state index in [2.05, 4.69) is 30.7 Å². The fourth-order valence-corrected chi connectivity index (χ4v) is 2.43. The first kappa shape index (κ1) is 13.9. The van der Waals surface area contributed by atoms with Gasteiger partial charge in [0.2, 0.25) is 16.2 Å². The van der Waals surface area contributed by atoms with Crippen LogP contribution in [0.1, 0.15) is 30.6 Å². The summed E-state index contributed by atoms with van der Waals surface area (Å²) in [6.07, 6.45) is 0. The van der Waals surface area contributed by atoms with E-state index in [1.165, 1.54) is 23.1 Å². The molecule has 2 heterocycles. The maximum absolute atomic E-state index is 11.7. The zero-order chi connectivity index (χ0) is 13.8. The van der Waals surface area contributed by atoms with Crippen molar-refractivity contribution in [2.45, 2.75) is 31.8 Å². The highest BCUT2D eigenvalue weighted by Gasteiger charge is 2.11. The van der Waals surface area contributed by atoms with E-state index in [0.29, 0.717) is 16.2 Å². The molecule has 1 amide bonds. The van der Waals surface area contributed by atoms with Crippen molar-refractivity contribution in [1.29, 1.82) is 0 Å². The van der Waals surface area contributed by atoms with Crippen molar-refractivity contribution in [1.82, 2.24) is 25.4 Å². The Labute approximate surface area is 118 Å². The lowest BCUT2D eigenvalue weighted by molar-refractivity contribution is -0.113. The average molecular weight is 298 g/mol. The molecule has 9 heteroatoms. The van der Waals surface area contributed by atoms with Gasteiger partial charge in [-0.05, 0) is 6.92 Å². The van der Waals surface area contributed by atoms with Crippen LogP contribution in [0.4, 0.5) is 5.13 Å². The van der Waals surface area contributed by atoms with Crippen LogP contribution in [0, 0.1) is 6.92 Å². The monoisotopic (exact) mass is 298 g/mol. The molecule has 0 unspecified atom stereocenters. The Morgan fingerprint density at radius 3 is 2.84 bits per heavy atom. The summed E-state index contributed by atoms with van der Waals surface area (Å²) in [6, 6.07) is 0. The van der Waals surface area contributed by atoms with Gasteiger partial charge in [-0.25, -0.2) is 4.98 Å². The van der Waals surface area contributed by atoms with Crippen molar-refractivity contribution in [3.63, 3.8) is 0 Å². The fourth-order valence-electron chi connectivity index (χ4n) is 1.21. The van der Waals surface area contributed by atoms with Crippen molar-refractivity contribution in [2.24, 2.45) is 0 Å². The van der Waals surface area contributed by atoms with Gasteiger partial charge in [-0.3, -0.25) is 15.2 Å². The molecule has 0 aromatic carbocycles. The van der Waals surface area contributed by atoms with Gasteiger partial charge in [0.05, 0.1) is 5.75 Å². The second-order valence-corrected chi connectivity index (χ2v) is 6.25. The van der Waals surface area contributed by atoms with Gasteiger partial charge in [-0.1, -0.05) is 36.9 Å². The molecule has 0 spiro atoms. The smallest absolute Gasteiger partial charge is 0.236 e. The molecule has 0 aliphatic rings. The number of hydrogen-bond donors (Lipinski definition) is 2. The topological polar surface area (TPSA) is 96.5 Å². The van der Waals surface area contributed by atoms with E-state index in [1.807, 2.05) is 20.8 Å². The Morgan fingerprint density at radius 2 is 2.26 bits per heavy atom. The van der Waals surface area contributed by atoms with Crippen molar-refractivity contribution in [3.8, 4) is 0 Å². The first-order valence-electron chi connectivity index (χ1n) is 5.69. The molecule has 0 radical (unpaired) electrons. The first-order chi connectivity index (χ1) is 9.04. The van der Waals surface area contributed by atoms with Crippen LogP contribution in [-0.4, -0.2) is 37.0 Å². The van der Waals surface area contributed by atoms with Gasteiger partial charge in [0.15, 0.2) is 0 Å². The molecule has 2 N–H and O–H groups in total. The van der Waals surface area contributed by atoms with E-state index < -0.39 is 0 Å². The Hall–Kier alpha value is -1.48. The van der Waals surface area contributed by atoms with E-state index in [4.69, 9.17) is 0 Å². The zero-order valence-corrected chi connectivity index (χ0v) is 12.4. The summed E-state index contributed by atoms with van der Waals surface area (Å²) in [5.41, 5.74) is 0. The number of aromatic nitrogens is 5. The van der Waals surface area contributed by atoms with Gasteiger partial charge < -0.3 is 0 Å². The third-order valence-corrected chi connectivity index (χ3v) is 3.74. The summed E-state index contributed by atoms with van der Waals surface area (Å²) in [6.45, 7) is 5.89. The summed E-state index contributed by atoms with van der Waals surface area (Å²) < 4.78 is 0. The molecule has 19 heavy (non-hydrogen) atoms. The number of nitrogens with zero attached hydrogens (tertiary/aromatic N) is 4. The van der Waals surface area contributed by atoms with Crippen LogP contribution in [0.2, 0.25) is 0 Å². The van der Waals surface area contributed by atoms with E-state index in [1.54, 1.807) is 0 Å². The number of anilines is 1. The number of aryl methyl sites for hydroxylation is 1. The highest BCUT2D eigenvalue weighted by atomic mass is 32.2. The first-order valence-corrected chi connectivity index (χ1v) is 7.50. The van der Waals surface area contributed by atoms with Crippen LogP contribution in [0.15, 0.2) is 5.16 Å². The minimum absolute atomic E-state index is 0.142. The number of nitrogens with one attached hydrogen (secondary N) is 2. The highest BCUT2D eigenvalue weighted by molar-refractivity contribution is 7.99. The fraction of sp³-hybridized carbons (Fsp3) is 0.500. The predicted molar refractivity (Wildman–Crippen MR) is 74.5 cm³/mol. The van der Waals surface area contributed by atoms with Crippen LogP contribution in [0.25, 0.3) is 0 Å².